The molecule has 6 rings (SSSR count). The molecule has 1 aromatic heterocycles. The molecule has 0 radical (unpaired) electrons. The fourth-order valence-electron chi connectivity index (χ4n) is 8.31. The van der Waals surface area contributed by atoms with Crippen molar-refractivity contribution >= 4 is 40.6 Å². The number of nitrogens with zero attached hydrogens (tertiary/aromatic N) is 3. The molecule has 4 N–H and O–H groups in total. The minimum absolute atomic E-state index is 0.0106. The first kappa shape index (κ1) is 47.7. The Kier molecular flexibility index (Phi) is 16.6. The van der Waals surface area contributed by atoms with Crippen LogP contribution in [-0.2, 0) is 40.3 Å². The lowest BCUT2D eigenvalue weighted by Gasteiger charge is -2.32. The van der Waals surface area contributed by atoms with Gasteiger partial charge in [0.1, 0.15) is 30.8 Å². The van der Waals surface area contributed by atoms with E-state index in [2.05, 4.69) is 89.8 Å². The van der Waals surface area contributed by atoms with Gasteiger partial charge in [0, 0.05) is 47.7 Å². The van der Waals surface area contributed by atoms with E-state index in [9.17, 15) is 19.2 Å². The number of carbonyl (C=O) groups is 4. The van der Waals surface area contributed by atoms with Crippen LogP contribution in [0.4, 0.5) is 9.59 Å². The number of ether oxygens (including phenoxy) is 2. The molecule has 14 heteroatoms. The van der Waals surface area contributed by atoms with Gasteiger partial charge < -0.3 is 40.2 Å². The zero-order valence-corrected chi connectivity index (χ0v) is 39.5. The number of hydrogen-bond acceptors (Lipinski definition) is 9. The Morgan fingerprint density at radius 2 is 1.72 bits per heavy atom. The molecule has 0 fully saturated rings. The van der Waals surface area contributed by atoms with Crippen LogP contribution in [0.3, 0.4) is 0 Å². The molecule has 0 spiro atoms. The average molecular weight is 892 g/mol. The summed E-state index contributed by atoms with van der Waals surface area (Å²) in [5.41, 5.74) is 10.2. The number of rotatable bonds is 19. The zero-order chi connectivity index (χ0) is 45.9. The Morgan fingerprint density at radius 3 is 2.42 bits per heavy atom. The first-order chi connectivity index (χ1) is 30.9. The van der Waals surface area contributed by atoms with Gasteiger partial charge in [-0.2, -0.15) is 0 Å². The summed E-state index contributed by atoms with van der Waals surface area (Å²) in [6.45, 7) is 14.2. The summed E-state index contributed by atoms with van der Waals surface area (Å²) in [6.07, 6.45) is 8.46. The van der Waals surface area contributed by atoms with Gasteiger partial charge in [-0.3, -0.25) is 14.4 Å². The topological polar surface area (TPSA) is 158 Å². The van der Waals surface area contributed by atoms with Gasteiger partial charge in [0.25, 0.3) is 5.24 Å². The van der Waals surface area contributed by atoms with E-state index in [1.165, 1.54) is 12.7 Å². The molecule has 1 aliphatic heterocycles. The van der Waals surface area contributed by atoms with Crippen LogP contribution in [0.15, 0.2) is 66.7 Å². The molecule has 0 saturated heterocycles. The molecule has 3 aromatic carbocycles. The third-order valence-corrected chi connectivity index (χ3v) is 12.8. The highest BCUT2D eigenvalue weighted by atomic mass is 32.2. The van der Waals surface area contributed by atoms with E-state index >= 15 is 0 Å². The number of aromatic amines is 1. The predicted molar refractivity (Wildman–Crippen MR) is 255 cm³/mol. The average Bonchev–Trinajstić information content (AvgIpc) is 3.74. The molecule has 342 valence electrons. The zero-order valence-electron chi connectivity index (χ0n) is 38.6. The molecule has 64 heavy (non-hydrogen) atoms. The van der Waals surface area contributed by atoms with Crippen LogP contribution in [0, 0.1) is 5.92 Å². The molecule has 2 unspecified atom stereocenters. The van der Waals surface area contributed by atoms with E-state index in [0.29, 0.717) is 31.4 Å². The van der Waals surface area contributed by atoms with Crippen molar-refractivity contribution in [3.8, 4) is 28.1 Å². The van der Waals surface area contributed by atoms with Gasteiger partial charge in [-0.1, -0.05) is 94.4 Å². The maximum atomic E-state index is 14.1. The second kappa shape index (κ2) is 22.2. The van der Waals surface area contributed by atoms with E-state index in [0.717, 1.165) is 107 Å². The smallest absolute Gasteiger partial charge is 0.407 e. The van der Waals surface area contributed by atoms with Crippen molar-refractivity contribution in [3.05, 3.63) is 101 Å². The number of aryl methyl sites for hydroxylation is 2. The summed E-state index contributed by atoms with van der Waals surface area (Å²) in [5.74, 6) is 1.68. The lowest BCUT2D eigenvalue weighted by atomic mass is 9.86. The maximum Gasteiger partial charge on any atom is 0.407 e. The molecule has 2 heterocycles. The fourth-order valence-corrected chi connectivity index (χ4v) is 8.55. The van der Waals surface area contributed by atoms with Crippen molar-refractivity contribution in [3.63, 3.8) is 0 Å². The number of benzene rings is 3. The number of allylic oxidation sites excluding steroid dienone is 1. The number of hydrogen-bond donors (Lipinski definition) is 4. The Bertz CT molecular complexity index is 2310. The molecule has 0 bridgehead atoms. The van der Waals surface area contributed by atoms with E-state index < -0.39 is 12.1 Å². The van der Waals surface area contributed by atoms with Crippen LogP contribution in [0.2, 0.25) is 0 Å². The Labute approximate surface area is 382 Å². The molecule has 0 saturated carbocycles. The van der Waals surface area contributed by atoms with Gasteiger partial charge in [0.05, 0.1) is 19.3 Å². The van der Waals surface area contributed by atoms with E-state index in [1.807, 2.05) is 49.1 Å². The number of nitrogens with one attached hydrogen (secondary N) is 4. The normalized spacial score (nSPS) is 14.5. The molecule has 1 aliphatic carbocycles. The highest BCUT2D eigenvalue weighted by molar-refractivity contribution is 8.12. The van der Waals surface area contributed by atoms with Crippen LogP contribution in [-0.4, -0.2) is 88.0 Å². The number of thioether (sulfide) groups is 1. The van der Waals surface area contributed by atoms with Crippen molar-refractivity contribution in [2.24, 2.45) is 5.92 Å². The van der Waals surface area contributed by atoms with Crippen LogP contribution < -0.4 is 20.7 Å². The molecule has 2 aliphatic rings. The molecular formula is C50H65N7O6S. The number of carbonyl (C=O) groups excluding carboxylic acids is 4. The summed E-state index contributed by atoms with van der Waals surface area (Å²) in [4.78, 5) is 63.9. The van der Waals surface area contributed by atoms with Gasteiger partial charge in [-0.15, -0.1) is 0 Å². The second-order valence-corrected chi connectivity index (χ2v) is 17.8. The Balaban J connectivity index is 1.23. The molecule has 4 aromatic rings. The van der Waals surface area contributed by atoms with Gasteiger partial charge in [-0.05, 0) is 104 Å². The third-order valence-electron chi connectivity index (χ3n) is 12.3. The number of imidazole rings is 1. The van der Waals surface area contributed by atoms with Gasteiger partial charge in [-0.25, -0.2) is 9.78 Å². The van der Waals surface area contributed by atoms with Crippen molar-refractivity contribution < 1.29 is 28.7 Å². The monoisotopic (exact) mass is 891 g/mol. The van der Waals surface area contributed by atoms with Gasteiger partial charge >= 0.3 is 6.09 Å². The SMILES string of the molecule is CCCN(Cc1nc2c([nH]1)CCc1cc3c(cc1-2)OCc1cc(/C(=C/CC(C)CC)NC(C)CN(C(=O)CNC(=O)OC)[C@@H](C)CC)ccc1-3)C(=O)[C@H](NC(=O)SC)c1ccccc1. The first-order valence-corrected chi connectivity index (χ1v) is 23.9. The lowest BCUT2D eigenvalue weighted by Crippen LogP contribution is -2.49. The number of H-pyrrole nitrogens is 1. The second-order valence-electron chi connectivity index (χ2n) is 17.0. The largest absolute Gasteiger partial charge is 0.488 e. The fraction of sp³-hybridized carbons (Fsp3) is 0.460. The quantitative estimate of drug-likeness (QED) is 0.0721. The highest BCUT2D eigenvalue weighted by Gasteiger charge is 2.31. The first-order valence-electron chi connectivity index (χ1n) is 22.6. The number of aromatic nitrogens is 2. The summed E-state index contributed by atoms with van der Waals surface area (Å²) >= 11 is 1.05. The maximum absolute atomic E-state index is 14.1. The number of fused-ring (bicyclic) bond motifs is 6. The van der Waals surface area contributed by atoms with E-state index in [1.54, 1.807) is 11.2 Å². The van der Waals surface area contributed by atoms with Crippen molar-refractivity contribution in [1.29, 1.82) is 0 Å². The minimum Gasteiger partial charge on any atom is -0.488 e. The van der Waals surface area contributed by atoms with Gasteiger partial charge in [0.15, 0.2) is 0 Å². The molecule has 4 amide bonds. The predicted octanol–water partition coefficient (Wildman–Crippen LogP) is 9.03. The summed E-state index contributed by atoms with van der Waals surface area (Å²) in [7, 11) is 1.28. The van der Waals surface area contributed by atoms with E-state index in [4.69, 9.17) is 9.72 Å². The van der Waals surface area contributed by atoms with Crippen LogP contribution in [0.25, 0.3) is 28.1 Å². The number of alkyl carbamates (subject to hydrolysis) is 1. The van der Waals surface area contributed by atoms with Crippen molar-refractivity contribution in [1.82, 2.24) is 35.7 Å². The van der Waals surface area contributed by atoms with Crippen LogP contribution in [0.5, 0.6) is 5.75 Å². The molecule has 13 nitrogen and oxygen atoms in total. The summed E-state index contributed by atoms with van der Waals surface area (Å²) in [6, 6.07) is 19.4. The Morgan fingerprint density at radius 1 is 0.938 bits per heavy atom. The summed E-state index contributed by atoms with van der Waals surface area (Å²) < 4.78 is 11.2. The molecule has 4 atom stereocenters. The van der Waals surface area contributed by atoms with Crippen LogP contribution in [0.1, 0.15) is 107 Å². The van der Waals surface area contributed by atoms with Crippen molar-refractivity contribution in [2.45, 2.75) is 111 Å². The van der Waals surface area contributed by atoms with Crippen molar-refractivity contribution in [2.75, 3.05) is 33.0 Å². The lowest BCUT2D eigenvalue weighted by molar-refractivity contribution is -0.134. The minimum atomic E-state index is -0.806. The highest BCUT2D eigenvalue weighted by Crippen LogP contribution is 2.44. The number of methoxy groups -OCH3 is 1. The standard InChI is InChI=1S/C50H65N7O6S/c1-9-23-56(48(59)46(55-50(61)64-8)34-15-13-12-14-16-34)29-44-53-42-22-19-35-25-40-38-20-18-36(24-37(38)30-63-43(40)26-39(35)47(42)54-44)41(21-17-31(4)10-2)52-32(5)28-57(33(6)11-3)45(58)27-51-49(60)62-7/h12-16,18,20-21,24-26,31-33,46,52H,9-11,17,19,22-23,27-30H2,1-8H3,(H,51,60)(H,53,54)(H,55,61)/b41-21-/t31?,32?,33-,46+/m0/s1. The van der Waals surface area contributed by atoms with E-state index in [-0.39, 0.29) is 42.2 Å². The van der Waals surface area contributed by atoms with Gasteiger partial charge in [0.2, 0.25) is 11.8 Å². The summed E-state index contributed by atoms with van der Waals surface area (Å²) in [5, 5.41) is 8.93. The third kappa shape index (κ3) is 11.5. The Hall–Kier alpha value is -5.76. The number of amides is 4. The molecular weight excluding hydrogens is 827 g/mol. The van der Waals surface area contributed by atoms with Crippen LogP contribution >= 0.6 is 11.8 Å².